The molecular weight excluding hydrogens is 460 g/mol. The molecule has 0 N–H and O–H groups in total. The highest BCUT2D eigenvalue weighted by Gasteiger charge is 2.37. The van der Waals surface area contributed by atoms with Gasteiger partial charge in [0.25, 0.3) is 0 Å². The van der Waals surface area contributed by atoms with Gasteiger partial charge in [0.05, 0.1) is 24.3 Å². The molecule has 172 valence electrons. The molecule has 0 aromatic carbocycles. The van der Waals surface area contributed by atoms with Crippen molar-refractivity contribution in [2.75, 3.05) is 49.4 Å². The molecular formula is C17H32O8S4. The number of ether oxygens (including phenoxy) is 4. The van der Waals surface area contributed by atoms with Crippen LogP contribution < -0.4 is 0 Å². The Morgan fingerprint density at radius 1 is 0.552 bits per heavy atom. The molecule has 0 saturated heterocycles. The van der Waals surface area contributed by atoms with Crippen molar-refractivity contribution in [3.63, 3.8) is 0 Å². The summed E-state index contributed by atoms with van der Waals surface area (Å²) in [6, 6.07) is 0. The quantitative estimate of drug-likeness (QED) is 0.166. The number of carbonyl (C=O) groups excluding carboxylic acids is 4. The van der Waals surface area contributed by atoms with Gasteiger partial charge in [-0.2, -0.15) is 50.5 Å². The molecule has 0 aromatic rings. The fraction of sp³-hybridized carbons (Fsp3) is 0.765. The van der Waals surface area contributed by atoms with Crippen molar-refractivity contribution in [1.29, 1.82) is 0 Å². The molecule has 0 fully saturated rings. The zero-order valence-corrected chi connectivity index (χ0v) is 18.2. The molecule has 0 aliphatic heterocycles. The van der Waals surface area contributed by atoms with Crippen molar-refractivity contribution >= 4 is 74.4 Å². The summed E-state index contributed by atoms with van der Waals surface area (Å²) in [5.41, 5.74) is -1.27. The number of hydrogen-bond donors (Lipinski definition) is 4. The molecule has 0 saturated carbocycles. The molecule has 0 atom stereocenters. The maximum Gasteiger partial charge on any atom is 0.315 e. The first-order valence-corrected chi connectivity index (χ1v) is 10.4. The van der Waals surface area contributed by atoms with E-state index >= 15 is 0 Å². The van der Waals surface area contributed by atoms with Crippen LogP contribution in [0, 0.1) is 5.41 Å². The molecule has 12 heteroatoms. The number of esters is 4. The standard InChI is InChI=1S/C15H24O8S4.2CH4/c16-11(1-3-24)20-7-15(9-22-13(18)5-26,10-23-14(19)6-27)8-21-12(17)2-4-25;;/h24-27H,1-10H2;2*1H4. The molecule has 0 aromatic heterocycles. The van der Waals surface area contributed by atoms with E-state index in [9.17, 15) is 19.2 Å². The number of rotatable bonds is 14. The van der Waals surface area contributed by atoms with Gasteiger partial charge in [-0.3, -0.25) is 19.2 Å². The van der Waals surface area contributed by atoms with Crippen molar-refractivity contribution in [1.82, 2.24) is 0 Å². The fourth-order valence-electron chi connectivity index (χ4n) is 1.60. The summed E-state index contributed by atoms with van der Waals surface area (Å²) in [5, 5.41) is 0. The lowest BCUT2D eigenvalue weighted by atomic mass is 9.92. The van der Waals surface area contributed by atoms with Crippen molar-refractivity contribution in [2.45, 2.75) is 27.7 Å². The topological polar surface area (TPSA) is 105 Å². The van der Waals surface area contributed by atoms with Gasteiger partial charge in [-0.05, 0) is 0 Å². The molecule has 0 aliphatic rings. The minimum atomic E-state index is -1.27. The Hall–Kier alpha value is -0.720. The monoisotopic (exact) mass is 492 g/mol. The predicted octanol–water partition coefficient (Wildman–Crippen LogP) is 1.92. The summed E-state index contributed by atoms with van der Waals surface area (Å²) < 4.78 is 20.5. The van der Waals surface area contributed by atoms with Crippen LogP contribution >= 0.6 is 50.5 Å². The average Bonchev–Trinajstić information content (AvgIpc) is 2.66. The third-order valence-corrected chi connectivity index (χ3v) is 4.01. The lowest BCUT2D eigenvalue weighted by molar-refractivity contribution is -0.168. The zero-order valence-electron chi connectivity index (χ0n) is 14.6. The van der Waals surface area contributed by atoms with Gasteiger partial charge in [0, 0.05) is 11.5 Å². The first-order chi connectivity index (χ1) is 12.8. The van der Waals surface area contributed by atoms with E-state index < -0.39 is 29.3 Å². The Morgan fingerprint density at radius 2 is 0.828 bits per heavy atom. The van der Waals surface area contributed by atoms with Gasteiger partial charge in [0.1, 0.15) is 31.8 Å². The maximum atomic E-state index is 11.7. The maximum absolute atomic E-state index is 11.7. The van der Waals surface area contributed by atoms with E-state index in [2.05, 4.69) is 50.5 Å². The van der Waals surface area contributed by atoms with E-state index in [0.717, 1.165) is 0 Å². The van der Waals surface area contributed by atoms with Gasteiger partial charge >= 0.3 is 23.9 Å². The normalized spacial score (nSPS) is 10.1. The molecule has 0 aliphatic carbocycles. The first kappa shape index (κ1) is 32.9. The summed E-state index contributed by atoms with van der Waals surface area (Å²) in [7, 11) is 0. The van der Waals surface area contributed by atoms with Crippen molar-refractivity contribution in [3.8, 4) is 0 Å². The van der Waals surface area contributed by atoms with Crippen LogP contribution in [0.15, 0.2) is 0 Å². The van der Waals surface area contributed by atoms with Crippen LogP contribution in [0.25, 0.3) is 0 Å². The Balaban J connectivity index is -0.00000338. The van der Waals surface area contributed by atoms with E-state index in [1.165, 1.54) is 0 Å². The first-order valence-electron chi connectivity index (χ1n) is 7.88. The average molecular weight is 493 g/mol. The summed E-state index contributed by atoms with van der Waals surface area (Å²) in [6.07, 6.45) is 0.122. The highest BCUT2D eigenvalue weighted by molar-refractivity contribution is 7.81. The fourth-order valence-corrected chi connectivity index (χ4v) is 2.15. The molecule has 0 spiro atoms. The van der Waals surface area contributed by atoms with Gasteiger partial charge in [0.15, 0.2) is 0 Å². The van der Waals surface area contributed by atoms with Gasteiger partial charge in [-0.1, -0.05) is 14.9 Å². The van der Waals surface area contributed by atoms with Crippen LogP contribution in [0.1, 0.15) is 27.7 Å². The van der Waals surface area contributed by atoms with Gasteiger partial charge in [-0.15, -0.1) is 0 Å². The molecule has 0 radical (unpaired) electrons. The van der Waals surface area contributed by atoms with E-state index in [-0.39, 0.29) is 77.1 Å². The molecule has 0 rings (SSSR count). The van der Waals surface area contributed by atoms with Crippen LogP contribution in [0.4, 0.5) is 0 Å². The minimum absolute atomic E-state index is 0. The summed E-state index contributed by atoms with van der Waals surface area (Å²) >= 11 is 15.5. The van der Waals surface area contributed by atoms with Crippen molar-refractivity contribution < 1.29 is 38.1 Å². The van der Waals surface area contributed by atoms with Crippen LogP contribution in [0.5, 0.6) is 0 Å². The van der Waals surface area contributed by atoms with E-state index in [1.807, 2.05) is 0 Å². The number of carbonyl (C=O) groups is 4. The number of hydrogen-bond acceptors (Lipinski definition) is 12. The highest BCUT2D eigenvalue weighted by atomic mass is 32.1. The second-order valence-corrected chi connectivity index (χ2v) is 6.93. The molecule has 0 unspecified atom stereocenters. The summed E-state index contributed by atoms with van der Waals surface area (Å²) in [6.45, 7) is -1.22. The lowest BCUT2D eigenvalue weighted by Crippen LogP contribution is -2.44. The van der Waals surface area contributed by atoms with Crippen molar-refractivity contribution in [2.24, 2.45) is 5.41 Å². The molecule has 8 nitrogen and oxygen atoms in total. The molecule has 0 bridgehead atoms. The third kappa shape index (κ3) is 15.7. The Kier molecular flexibility index (Phi) is 21.9. The Morgan fingerprint density at radius 3 is 1.07 bits per heavy atom. The van der Waals surface area contributed by atoms with Crippen molar-refractivity contribution in [3.05, 3.63) is 0 Å². The van der Waals surface area contributed by atoms with Crippen LogP contribution in [-0.2, 0) is 38.1 Å². The Labute approximate surface area is 194 Å². The second kappa shape index (κ2) is 19.3. The van der Waals surface area contributed by atoms with Crippen LogP contribution in [0.2, 0.25) is 0 Å². The van der Waals surface area contributed by atoms with E-state index in [4.69, 9.17) is 18.9 Å². The SMILES string of the molecule is C.C.O=C(CS)OCC(COC(=O)CS)(COC(=O)CCS)COC(=O)CCS. The van der Waals surface area contributed by atoms with E-state index in [1.54, 1.807) is 0 Å². The molecule has 29 heavy (non-hydrogen) atoms. The summed E-state index contributed by atoms with van der Waals surface area (Å²) in [5.74, 6) is -2.14. The molecule has 0 heterocycles. The highest BCUT2D eigenvalue weighted by Crippen LogP contribution is 2.22. The third-order valence-electron chi connectivity index (χ3n) is 3.05. The zero-order chi connectivity index (χ0) is 20.7. The smallest absolute Gasteiger partial charge is 0.315 e. The van der Waals surface area contributed by atoms with Crippen LogP contribution in [0.3, 0.4) is 0 Å². The summed E-state index contributed by atoms with van der Waals surface area (Å²) in [4.78, 5) is 46.3. The number of thiol groups is 4. The Bertz CT molecular complexity index is 458. The van der Waals surface area contributed by atoms with Gasteiger partial charge in [0.2, 0.25) is 0 Å². The lowest BCUT2D eigenvalue weighted by Gasteiger charge is -2.31. The largest absolute Gasteiger partial charge is 0.465 e. The second-order valence-electron chi connectivity index (χ2n) is 5.41. The predicted molar refractivity (Wildman–Crippen MR) is 124 cm³/mol. The minimum Gasteiger partial charge on any atom is -0.465 e. The van der Waals surface area contributed by atoms with E-state index in [0.29, 0.717) is 0 Å². The van der Waals surface area contributed by atoms with Crippen LogP contribution in [-0.4, -0.2) is 73.3 Å². The van der Waals surface area contributed by atoms with Gasteiger partial charge in [-0.25, -0.2) is 0 Å². The van der Waals surface area contributed by atoms with Gasteiger partial charge < -0.3 is 18.9 Å². The molecule has 0 amide bonds.